The largest absolute Gasteiger partial charge is 0.427 e. The van der Waals surface area contributed by atoms with Gasteiger partial charge in [0.05, 0.1) is 0 Å². The Morgan fingerprint density at radius 1 is 0.556 bits per heavy atom. The van der Waals surface area contributed by atoms with Gasteiger partial charge in [0.25, 0.3) is 0 Å². The zero-order valence-corrected chi connectivity index (χ0v) is 27.4. The van der Waals surface area contributed by atoms with Gasteiger partial charge >= 0.3 is 5.97 Å². The van der Waals surface area contributed by atoms with E-state index in [1.54, 1.807) is 36.4 Å². The Bertz CT molecular complexity index is 1260. The summed E-state index contributed by atoms with van der Waals surface area (Å²) < 4.78 is 5.48. The van der Waals surface area contributed by atoms with Gasteiger partial charge in [-0.3, -0.25) is 9.59 Å². The van der Waals surface area contributed by atoms with Crippen molar-refractivity contribution in [2.45, 2.75) is 116 Å². The molecule has 0 fully saturated rings. The fourth-order valence-corrected chi connectivity index (χ4v) is 5.59. The first-order chi connectivity index (χ1) is 22.1. The number of hydrogen-bond donors (Lipinski definition) is 0. The summed E-state index contributed by atoms with van der Waals surface area (Å²) in [5.74, 6) is 0.333. The highest BCUT2D eigenvalue weighted by Gasteiger charge is 2.05. The molecule has 0 aromatic heterocycles. The Morgan fingerprint density at radius 3 is 1.58 bits per heavy atom. The number of rotatable bonds is 24. The molecule has 3 heteroatoms. The standard InChI is InChI=1S/C42H54O3/c1-2-36-26-28-37(29-27-36)22-18-15-13-11-9-7-5-3-4-6-8-10-12-14-16-21-25-42(44)45-40-33-30-38(31-34-40)32-35-41(43)39-23-19-17-20-24-39/h2,17,19-20,23-24,26-35H,1,3-16,18,21-22,25H2. The van der Waals surface area contributed by atoms with Crippen LogP contribution in [0.25, 0.3) is 12.2 Å². The normalized spacial score (nSPS) is 11.1. The van der Waals surface area contributed by atoms with Crippen molar-refractivity contribution >= 4 is 23.9 Å². The minimum Gasteiger partial charge on any atom is -0.427 e. The van der Waals surface area contributed by atoms with Crippen molar-refractivity contribution in [1.82, 2.24) is 0 Å². The lowest BCUT2D eigenvalue weighted by molar-refractivity contribution is -0.134. The van der Waals surface area contributed by atoms with Crippen molar-refractivity contribution in [3.05, 3.63) is 114 Å². The molecule has 0 atom stereocenters. The predicted molar refractivity (Wildman–Crippen MR) is 191 cm³/mol. The molecule has 240 valence electrons. The van der Waals surface area contributed by atoms with E-state index in [-0.39, 0.29) is 11.8 Å². The minimum atomic E-state index is -0.177. The maximum atomic E-state index is 12.2. The van der Waals surface area contributed by atoms with Gasteiger partial charge in [0.1, 0.15) is 5.75 Å². The molecule has 0 aliphatic heterocycles. The van der Waals surface area contributed by atoms with E-state index in [9.17, 15) is 9.59 Å². The van der Waals surface area contributed by atoms with E-state index in [4.69, 9.17) is 4.74 Å². The molecule has 0 saturated carbocycles. The second-order valence-corrected chi connectivity index (χ2v) is 12.2. The lowest BCUT2D eigenvalue weighted by Crippen LogP contribution is -2.07. The Balaban J connectivity index is 1.06. The van der Waals surface area contributed by atoms with Crippen LogP contribution in [-0.2, 0) is 11.2 Å². The number of carbonyl (C=O) groups excluding carboxylic acids is 2. The molecule has 0 radical (unpaired) electrons. The van der Waals surface area contributed by atoms with Gasteiger partial charge in [0, 0.05) is 12.0 Å². The van der Waals surface area contributed by atoms with Gasteiger partial charge in [-0.25, -0.2) is 0 Å². The number of ether oxygens (including phenoxy) is 1. The first kappa shape index (κ1) is 35.8. The molecule has 3 rings (SSSR count). The van der Waals surface area contributed by atoms with Crippen molar-refractivity contribution in [2.75, 3.05) is 0 Å². The van der Waals surface area contributed by atoms with Gasteiger partial charge < -0.3 is 4.74 Å². The lowest BCUT2D eigenvalue weighted by Gasteiger charge is -2.05. The molecular formula is C42H54O3. The summed E-state index contributed by atoms with van der Waals surface area (Å²) in [5, 5.41) is 0. The van der Waals surface area contributed by atoms with Gasteiger partial charge in [0.15, 0.2) is 5.78 Å². The van der Waals surface area contributed by atoms with E-state index in [2.05, 4.69) is 30.8 Å². The first-order valence-electron chi connectivity index (χ1n) is 17.4. The summed E-state index contributed by atoms with van der Waals surface area (Å²) in [6.45, 7) is 3.82. The van der Waals surface area contributed by atoms with Crippen molar-refractivity contribution in [2.24, 2.45) is 0 Å². The van der Waals surface area contributed by atoms with E-state index >= 15 is 0 Å². The molecule has 0 heterocycles. The fraction of sp³-hybridized carbons (Fsp3) is 0.429. The third-order valence-electron chi connectivity index (χ3n) is 8.41. The van der Waals surface area contributed by atoms with Gasteiger partial charge in [-0.05, 0) is 54.2 Å². The van der Waals surface area contributed by atoms with Crippen LogP contribution in [0.15, 0.2) is 91.5 Å². The molecule has 3 aromatic carbocycles. The molecule has 45 heavy (non-hydrogen) atoms. The molecule has 0 N–H and O–H groups in total. The van der Waals surface area contributed by atoms with Gasteiger partial charge in [0.2, 0.25) is 0 Å². The van der Waals surface area contributed by atoms with E-state index in [0.29, 0.717) is 17.7 Å². The van der Waals surface area contributed by atoms with Gasteiger partial charge in [-0.2, -0.15) is 0 Å². The van der Waals surface area contributed by atoms with Crippen LogP contribution in [0.3, 0.4) is 0 Å². The van der Waals surface area contributed by atoms with Crippen LogP contribution >= 0.6 is 0 Å². The van der Waals surface area contributed by atoms with Crippen LogP contribution < -0.4 is 4.74 Å². The first-order valence-corrected chi connectivity index (χ1v) is 17.4. The number of esters is 1. The summed E-state index contributed by atoms with van der Waals surface area (Å²) in [7, 11) is 0. The van der Waals surface area contributed by atoms with E-state index in [1.165, 1.54) is 107 Å². The Morgan fingerprint density at radius 2 is 1.04 bits per heavy atom. The van der Waals surface area contributed by atoms with Crippen LogP contribution in [0.5, 0.6) is 5.75 Å². The number of unbranched alkanes of at least 4 members (excludes halogenated alkanes) is 15. The van der Waals surface area contributed by atoms with Crippen LogP contribution in [0, 0.1) is 0 Å². The highest BCUT2D eigenvalue weighted by molar-refractivity contribution is 6.06. The van der Waals surface area contributed by atoms with E-state index in [0.717, 1.165) is 18.4 Å². The average molecular weight is 607 g/mol. The van der Waals surface area contributed by atoms with E-state index < -0.39 is 0 Å². The molecule has 0 spiro atoms. The van der Waals surface area contributed by atoms with Gasteiger partial charge in [-0.15, -0.1) is 0 Å². The van der Waals surface area contributed by atoms with Crippen LogP contribution in [0.1, 0.15) is 136 Å². The molecule has 3 nitrogen and oxygen atoms in total. The quantitative estimate of drug-likeness (QED) is 0.0335. The van der Waals surface area contributed by atoms with Crippen molar-refractivity contribution < 1.29 is 14.3 Å². The second-order valence-electron chi connectivity index (χ2n) is 12.2. The molecule has 3 aromatic rings. The molecule has 0 bridgehead atoms. The summed E-state index contributed by atoms with van der Waals surface area (Å²) in [4.78, 5) is 24.4. The number of aryl methyl sites for hydroxylation is 1. The summed E-state index contributed by atoms with van der Waals surface area (Å²) in [5.41, 5.74) is 4.20. The summed E-state index contributed by atoms with van der Waals surface area (Å²) in [6, 6.07) is 25.3. The van der Waals surface area contributed by atoms with E-state index in [1.807, 2.05) is 36.4 Å². The Labute approximate surface area is 272 Å². The van der Waals surface area contributed by atoms with Crippen molar-refractivity contribution in [3.63, 3.8) is 0 Å². The van der Waals surface area contributed by atoms with Crippen LogP contribution in [0.2, 0.25) is 0 Å². The smallest absolute Gasteiger partial charge is 0.311 e. The minimum absolute atomic E-state index is 0.0349. The second kappa shape index (κ2) is 22.7. The molecule has 0 aliphatic carbocycles. The third-order valence-corrected chi connectivity index (χ3v) is 8.41. The van der Waals surface area contributed by atoms with Crippen molar-refractivity contribution in [3.8, 4) is 5.75 Å². The molecule has 0 saturated heterocycles. The maximum Gasteiger partial charge on any atom is 0.311 e. The number of ketones is 1. The van der Waals surface area contributed by atoms with Crippen LogP contribution in [0.4, 0.5) is 0 Å². The number of hydrogen-bond acceptors (Lipinski definition) is 3. The molecule has 0 amide bonds. The van der Waals surface area contributed by atoms with Crippen molar-refractivity contribution in [1.29, 1.82) is 0 Å². The lowest BCUT2D eigenvalue weighted by atomic mass is 10.0. The topological polar surface area (TPSA) is 43.4 Å². The predicted octanol–water partition coefficient (Wildman–Crippen LogP) is 12.0. The number of carbonyl (C=O) groups is 2. The molecule has 0 aliphatic rings. The summed E-state index contributed by atoms with van der Waals surface area (Å²) >= 11 is 0. The Kier molecular flexibility index (Phi) is 18.1. The number of benzene rings is 3. The average Bonchev–Trinajstić information content (AvgIpc) is 3.08. The highest BCUT2D eigenvalue weighted by atomic mass is 16.5. The molecular weight excluding hydrogens is 552 g/mol. The zero-order valence-electron chi connectivity index (χ0n) is 27.4. The molecule has 0 unspecified atom stereocenters. The Hall–Kier alpha value is -3.72. The third kappa shape index (κ3) is 16.2. The van der Waals surface area contributed by atoms with Crippen LogP contribution in [-0.4, -0.2) is 11.8 Å². The maximum absolute atomic E-state index is 12.2. The number of allylic oxidation sites excluding steroid dienone is 1. The fourth-order valence-electron chi connectivity index (χ4n) is 5.59. The monoisotopic (exact) mass is 606 g/mol. The van der Waals surface area contributed by atoms with Gasteiger partial charge in [-0.1, -0.05) is 175 Å². The summed E-state index contributed by atoms with van der Waals surface area (Å²) in [6.07, 6.45) is 27.7. The highest BCUT2D eigenvalue weighted by Crippen LogP contribution is 2.17. The SMILES string of the molecule is C=Cc1ccc(CCCCCCCCCCCCCCCCCCC(=O)Oc2ccc(C=CC(=O)c3ccccc3)cc2)cc1. The zero-order chi connectivity index (χ0) is 31.8.